The van der Waals surface area contributed by atoms with Crippen LogP contribution in [-0.4, -0.2) is 38.7 Å². The summed E-state index contributed by atoms with van der Waals surface area (Å²) in [5.41, 5.74) is 8.12. The normalized spacial score (nSPS) is 12.0. The highest BCUT2D eigenvalue weighted by Crippen LogP contribution is 2.47. The number of hydrogen-bond donors (Lipinski definition) is 1. The number of aliphatic carboxylic acids is 1. The van der Waals surface area contributed by atoms with E-state index in [-0.39, 0.29) is 6.42 Å². The van der Waals surface area contributed by atoms with Crippen LogP contribution in [0.5, 0.6) is 0 Å². The molecule has 0 amide bonds. The van der Waals surface area contributed by atoms with Crippen molar-refractivity contribution in [3.8, 4) is 11.5 Å². The number of pyridine rings is 1. The second-order valence-electron chi connectivity index (χ2n) is 13.7. The van der Waals surface area contributed by atoms with E-state index in [9.17, 15) is 4.79 Å². The van der Waals surface area contributed by atoms with E-state index in [1.165, 1.54) is 5.69 Å². The summed E-state index contributed by atoms with van der Waals surface area (Å²) in [6.07, 6.45) is 10.1. The van der Waals surface area contributed by atoms with Crippen molar-refractivity contribution in [1.82, 2.24) is 14.5 Å². The van der Waals surface area contributed by atoms with Crippen LogP contribution in [0.25, 0.3) is 77.2 Å². The first kappa shape index (κ1) is 32.8. The monoisotopic (exact) mass is 680 g/mol. The van der Waals surface area contributed by atoms with Crippen LogP contribution < -0.4 is 4.90 Å². The van der Waals surface area contributed by atoms with Gasteiger partial charge in [0, 0.05) is 82.0 Å². The Bertz CT molecular complexity index is 2510. The lowest BCUT2D eigenvalue weighted by molar-refractivity contribution is -0.137. The van der Waals surface area contributed by atoms with E-state index in [2.05, 4.69) is 76.8 Å². The smallest absolute Gasteiger partial charge is 0.303 e. The van der Waals surface area contributed by atoms with E-state index in [1.807, 2.05) is 30.5 Å². The lowest BCUT2D eigenvalue weighted by Crippen LogP contribution is -2.25. The van der Waals surface area contributed by atoms with Gasteiger partial charge in [-0.15, -0.1) is 0 Å². The number of benzene rings is 4. The van der Waals surface area contributed by atoms with Gasteiger partial charge in [0.1, 0.15) is 11.1 Å². The number of carboxylic acid groups (broad SMARTS) is 1. The summed E-state index contributed by atoms with van der Waals surface area (Å²) >= 11 is 0. The molecule has 51 heavy (non-hydrogen) atoms. The molecule has 0 fully saturated rings. The zero-order chi connectivity index (χ0) is 34.9. The Hall–Kier alpha value is -5.37. The largest absolute Gasteiger partial charge is 0.481 e. The third kappa shape index (κ3) is 5.96. The highest BCUT2D eigenvalue weighted by atomic mass is 16.4. The Balaban J connectivity index is 1.37. The van der Waals surface area contributed by atoms with Crippen LogP contribution in [0.3, 0.4) is 0 Å². The molecule has 0 radical (unpaired) electrons. The Labute approximate surface area is 296 Å². The second kappa shape index (κ2) is 14.1. The van der Waals surface area contributed by atoms with Crippen LogP contribution in [0.1, 0.15) is 71.6 Å². The molecule has 8 nitrogen and oxygen atoms in total. The van der Waals surface area contributed by atoms with Gasteiger partial charge in [-0.1, -0.05) is 75.9 Å². The minimum atomic E-state index is -0.735. The Morgan fingerprint density at radius 2 is 1.55 bits per heavy atom. The molecular formula is C43H44N4O4. The third-order valence-corrected chi connectivity index (χ3v) is 10.3. The predicted molar refractivity (Wildman–Crippen MR) is 208 cm³/mol. The standard InChI is InChI=1S/C43H44N4O4/c1-3-5-24-46(25-6-4-2)28-20-21-32-35(27-28)50-41-38(32)37-31-16-11-13-18-34(31)47(26-14-8-7-9-19-36(48)49)40(37)39-42(41)51-43(45-39)30-22-23-44-33-17-12-10-15-29(30)33/h10-13,15-18,20-23,27H,3-9,14,19,24-26H2,1-2H3,(H,48,49). The Morgan fingerprint density at radius 1 is 0.784 bits per heavy atom. The summed E-state index contributed by atoms with van der Waals surface area (Å²) in [4.78, 5) is 23.5. The number of furan rings is 1. The van der Waals surface area contributed by atoms with Gasteiger partial charge in [-0.25, -0.2) is 4.98 Å². The first-order valence-corrected chi connectivity index (χ1v) is 18.6. The van der Waals surface area contributed by atoms with Gasteiger partial charge in [-0.3, -0.25) is 9.78 Å². The third-order valence-electron chi connectivity index (χ3n) is 10.3. The van der Waals surface area contributed by atoms with E-state index >= 15 is 0 Å². The maximum atomic E-state index is 11.1. The molecule has 8 aromatic rings. The van der Waals surface area contributed by atoms with Crippen LogP contribution in [0.4, 0.5) is 5.69 Å². The lowest BCUT2D eigenvalue weighted by atomic mass is 10.0. The van der Waals surface area contributed by atoms with Crippen molar-refractivity contribution in [1.29, 1.82) is 0 Å². The van der Waals surface area contributed by atoms with E-state index in [4.69, 9.17) is 18.9 Å². The second-order valence-corrected chi connectivity index (χ2v) is 13.7. The molecule has 4 aromatic heterocycles. The lowest BCUT2D eigenvalue weighted by Gasteiger charge is -2.24. The van der Waals surface area contributed by atoms with Crippen LogP contribution in [0.2, 0.25) is 0 Å². The first-order valence-electron chi connectivity index (χ1n) is 18.6. The number of aryl methyl sites for hydroxylation is 1. The maximum Gasteiger partial charge on any atom is 0.303 e. The molecule has 0 unspecified atom stereocenters. The number of anilines is 1. The van der Waals surface area contributed by atoms with E-state index in [0.29, 0.717) is 23.5 Å². The molecule has 0 saturated heterocycles. The number of rotatable bonds is 15. The van der Waals surface area contributed by atoms with Crippen molar-refractivity contribution < 1.29 is 18.7 Å². The molecule has 0 spiro atoms. The molecular weight excluding hydrogens is 636 g/mol. The van der Waals surface area contributed by atoms with Gasteiger partial charge in [-0.05, 0) is 56.0 Å². The molecule has 4 aromatic carbocycles. The quantitative estimate of drug-likeness (QED) is 0.108. The van der Waals surface area contributed by atoms with Gasteiger partial charge >= 0.3 is 5.97 Å². The molecule has 8 heteroatoms. The van der Waals surface area contributed by atoms with E-state index in [0.717, 1.165) is 125 Å². The summed E-state index contributed by atoms with van der Waals surface area (Å²) in [5.74, 6) is -0.198. The summed E-state index contributed by atoms with van der Waals surface area (Å²) in [6, 6.07) is 25.3. The summed E-state index contributed by atoms with van der Waals surface area (Å²) in [7, 11) is 0. The van der Waals surface area contributed by atoms with Crippen molar-refractivity contribution in [3.05, 3.63) is 79.0 Å². The van der Waals surface area contributed by atoms with Crippen LogP contribution >= 0.6 is 0 Å². The zero-order valence-electron chi connectivity index (χ0n) is 29.5. The molecule has 260 valence electrons. The Morgan fingerprint density at radius 3 is 2.35 bits per heavy atom. The SMILES string of the molecule is CCCCN(CCCC)c1ccc2c(c1)oc1c3oc(-c4ccnc5ccccc45)nc3c3c(c4ccccc4n3CCCCCCC(=O)O)c21. The highest BCUT2D eigenvalue weighted by Gasteiger charge is 2.27. The predicted octanol–water partition coefficient (Wildman–Crippen LogP) is 11.5. The molecule has 0 aliphatic rings. The zero-order valence-corrected chi connectivity index (χ0v) is 29.5. The molecule has 0 atom stereocenters. The molecule has 0 bridgehead atoms. The van der Waals surface area contributed by atoms with Crippen molar-refractivity contribution in [2.75, 3.05) is 18.0 Å². The number of hydrogen-bond acceptors (Lipinski definition) is 6. The van der Waals surface area contributed by atoms with Gasteiger partial charge in [0.25, 0.3) is 0 Å². The highest BCUT2D eigenvalue weighted by molar-refractivity contribution is 6.34. The number of fused-ring (bicyclic) bond motifs is 11. The molecule has 0 saturated carbocycles. The molecule has 1 N–H and O–H groups in total. The minimum absolute atomic E-state index is 0.212. The molecule has 8 rings (SSSR count). The van der Waals surface area contributed by atoms with Crippen LogP contribution in [-0.2, 0) is 11.3 Å². The number of unbranched alkanes of at least 4 members (excludes halogenated alkanes) is 5. The number of para-hydroxylation sites is 2. The topological polar surface area (TPSA) is 97.5 Å². The van der Waals surface area contributed by atoms with E-state index < -0.39 is 5.97 Å². The van der Waals surface area contributed by atoms with Gasteiger partial charge < -0.3 is 23.4 Å². The minimum Gasteiger partial charge on any atom is -0.481 e. The number of carbonyl (C=O) groups is 1. The first-order chi connectivity index (χ1) is 25.1. The average Bonchev–Trinajstić information content (AvgIpc) is 3.85. The van der Waals surface area contributed by atoms with Gasteiger partial charge in [0.05, 0.1) is 11.0 Å². The maximum absolute atomic E-state index is 11.1. The molecule has 4 heterocycles. The summed E-state index contributed by atoms with van der Waals surface area (Å²) in [5, 5.41) is 14.5. The fraction of sp³-hybridized carbons (Fsp3) is 0.326. The summed E-state index contributed by atoms with van der Waals surface area (Å²) in [6.45, 7) is 7.31. The van der Waals surface area contributed by atoms with Crippen molar-refractivity contribution in [3.63, 3.8) is 0 Å². The number of oxazole rings is 1. The average molecular weight is 681 g/mol. The fourth-order valence-electron chi connectivity index (χ4n) is 7.72. The summed E-state index contributed by atoms with van der Waals surface area (Å²) < 4.78 is 16.1. The van der Waals surface area contributed by atoms with Crippen molar-refractivity contribution in [2.45, 2.75) is 78.2 Å². The number of nitrogens with zero attached hydrogens (tertiary/aromatic N) is 4. The number of aromatic nitrogens is 3. The van der Waals surface area contributed by atoms with Crippen molar-refractivity contribution >= 4 is 77.4 Å². The van der Waals surface area contributed by atoms with Crippen molar-refractivity contribution in [2.24, 2.45) is 0 Å². The Kier molecular flexibility index (Phi) is 9.07. The van der Waals surface area contributed by atoms with Crippen LogP contribution in [0, 0.1) is 0 Å². The van der Waals surface area contributed by atoms with Gasteiger partial charge in [-0.2, -0.15) is 0 Å². The van der Waals surface area contributed by atoms with E-state index in [1.54, 1.807) is 0 Å². The molecule has 0 aliphatic carbocycles. The van der Waals surface area contributed by atoms with Gasteiger partial charge in [0.15, 0.2) is 5.58 Å². The van der Waals surface area contributed by atoms with Gasteiger partial charge in [0.2, 0.25) is 11.5 Å². The van der Waals surface area contributed by atoms with Crippen LogP contribution in [0.15, 0.2) is 87.8 Å². The molecule has 0 aliphatic heterocycles. The fourth-order valence-corrected chi connectivity index (χ4v) is 7.72. The number of carboxylic acids is 1.